The second-order valence-electron chi connectivity index (χ2n) is 15.8. The summed E-state index contributed by atoms with van der Waals surface area (Å²) in [7, 11) is -6.71. The second-order valence-corrected chi connectivity index (χ2v) is 20.0. The molecular weight excluding hydrogens is 899 g/mol. The highest BCUT2D eigenvalue weighted by atomic mass is 32.2. The quantitative estimate of drug-likeness (QED) is 0.0266. The summed E-state index contributed by atoms with van der Waals surface area (Å²) in [4.78, 5) is 51.4. The highest BCUT2D eigenvalue weighted by molar-refractivity contribution is 7.90. The minimum Gasteiger partial charge on any atom is -0.496 e. The molecule has 3 atom stereocenters. The van der Waals surface area contributed by atoms with Crippen molar-refractivity contribution in [1.82, 2.24) is 25.1 Å². The third-order valence-electron chi connectivity index (χ3n) is 11.0. The fourth-order valence-electron chi connectivity index (χ4n) is 7.66. The smallest absolute Gasteiger partial charge is 0.264 e. The molecule has 0 aliphatic heterocycles. The Hall–Kier alpha value is -6.47. The van der Waals surface area contributed by atoms with Crippen molar-refractivity contribution in [3.63, 3.8) is 0 Å². The number of thiazole rings is 1. The molecule has 0 saturated carbocycles. The van der Waals surface area contributed by atoms with Crippen LogP contribution in [0.1, 0.15) is 56.0 Å². The average Bonchev–Trinajstić information content (AvgIpc) is 3.84. The highest BCUT2D eigenvalue weighted by Crippen LogP contribution is 2.30. The maximum Gasteiger partial charge on any atom is 0.264 e. The molecule has 0 spiro atoms. The number of Topliss-reactive ketones (excluding diaryl/α,β-unsaturated/α-hetero) is 1. The molecule has 66 heavy (non-hydrogen) atoms. The Balaban J connectivity index is 1.24. The van der Waals surface area contributed by atoms with Gasteiger partial charge >= 0.3 is 0 Å². The minimum absolute atomic E-state index is 0.0143. The van der Waals surface area contributed by atoms with Crippen LogP contribution >= 0.6 is 11.3 Å². The van der Waals surface area contributed by atoms with E-state index < -0.39 is 55.8 Å². The first-order valence-electron chi connectivity index (χ1n) is 21.1. The number of nitrogens with one attached hydrogen (secondary N) is 4. The Labute approximate surface area is 389 Å². The number of aryl methyl sites for hydroxylation is 1. The summed E-state index contributed by atoms with van der Waals surface area (Å²) in [5.41, 5.74) is 9.63. The van der Waals surface area contributed by atoms with Gasteiger partial charge in [0, 0.05) is 24.5 Å². The molecule has 0 saturated heterocycles. The molecule has 6 aromatic rings. The van der Waals surface area contributed by atoms with Crippen LogP contribution in [0.3, 0.4) is 0 Å². The number of hydrogen-bond donors (Lipinski definition) is 5. The van der Waals surface area contributed by atoms with Gasteiger partial charge in [-0.15, -0.1) is 11.3 Å². The molecule has 0 bridgehead atoms. The van der Waals surface area contributed by atoms with E-state index in [9.17, 15) is 31.2 Å². The van der Waals surface area contributed by atoms with E-state index >= 15 is 0 Å². The van der Waals surface area contributed by atoms with E-state index in [0.717, 1.165) is 27.7 Å². The SMILES string of the molecule is COc1cc(C)c(S(=O)(=O)NC(N)=NCCC[C@H](NC(=O)[C@H](Cc2cccc3ccccc23)NC(=O)[C@@H](Cc2ccccc2)NS(=O)(=O)Cc2ccccc2)C(=O)c2nccs2)c(C)c1C. The lowest BCUT2D eigenvalue weighted by Crippen LogP contribution is -2.57. The van der Waals surface area contributed by atoms with Crippen molar-refractivity contribution in [2.75, 3.05) is 13.7 Å². The molecule has 2 amide bonds. The summed E-state index contributed by atoms with van der Waals surface area (Å²) in [6.45, 7) is 5.07. The van der Waals surface area contributed by atoms with Crippen LogP contribution in [0, 0.1) is 20.8 Å². The fourth-order valence-corrected chi connectivity index (χ4v) is 11.1. The van der Waals surface area contributed by atoms with Gasteiger partial charge in [0.05, 0.1) is 23.8 Å². The number of aromatic nitrogens is 1. The van der Waals surface area contributed by atoms with Gasteiger partial charge in [0.1, 0.15) is 17.8 Å². The van der Waals surface area contributed by atoms with Crippen molar-refractivity contribution in [2.45, 2.75) is 75.2 Å². The van der Waals surface area contributed by atoms with E-state index in [0.29, 0.717) is 33.6 Å². The first-order valence-corrected chi connectivity index (χ1v) is 25.1. The monoisotopic (exact) mass is 951 g/mol. The molecule has 0 aliphatic carbocycles. The van der Waals surface area contributed by atoms with Crippen molar-refractivity contribution in [3.05, 3.63) is 159 Å². The van der Waals surface area contributed by atoms with Crippen molar-refractivity contribution in [2.24, 2.45) is 10.7 Å². The molecule has 0 aliphatic rings. The van der Waals surface area contributed by atoms with Crippen LogP contribution in [-0.4, -0.2) is 77.2 Å². The first kappa shape index (κ1) is 49.0. The molecule has 15 nitrogen and oxygen atoms in total. The standard InChI is InChI=1S/C48H53N7O8S3/c1-31-27-42(63-4)32(2)33(3)44(31)66(61,62)55-48(49)51-24-14-23-39(43(56)47-50-25-26-64-47)52-45(57)40(29-37-21-13-20-36-19-11-12-22-38(36)37)53-46(58)41(28-34-15-7-5-8-16-34)54-65(59,60)30-35-17-9-6-10-18-35/h5-13,15-22,25-27,39-41,54H,14,23-24,28-30H2,1-4H3,(H,52,57)(H,53,58)(H3,49,51,55)/t39-,40-,41+/m0/s1. The van der Waals surface area contributed by atoms with Gasteiger partial charge < -0.3 is 21.1 Å². The molecule has 0 radical (unpaired) electrons. The van der Waals surface area contributed by atoms with E-state index in [4.69, 9.17) is 10.5 Å². The molecule has 6 N–H and O–H groups in total. The number of carbonyl (C=O) groups is 3. The lowest BCUT2D eigenvalue weighted by molar-refractivity contribution is -0.130. The van der Waals surface area contributed by atoms with Gasteiger partial charge in [-0.05, 0) is 90.3 Å². The number of ether oxygens (including phenoxy) is 1. The van der Waals surface area contributed by atoms with Crippen LogP contribution in [0.25, 0.3) is 10.8 Å². The van der Waals surface area contributed by atoms with E-state index in [1.165, 1.54) is 13.3 Å². The number of amides is 2. The normalized spacial score (nSPS) is 13.4. The van der Waals surface area contributed by atoms with Crippen molar-refractivity contribution < 1.29 is 36.0 Å². The molecular formula is C48H53N7O8S3. The van der Waals surface area contributed by atoms with Gasteiger partial charge in [-0.1, -0.05) is 103 Å². The number of ketones is 1. The zero-order valence-electron chi connectivity index (χ0n) is 37.0. The van der Waals surface area contributed by atoms with Crippen molar-refractivity contribution in [3.8, 4) is 5.75 Å². The van der Waals surface area contributed by atoms with E-state index in [1.54, 1.807) is 92.9 Å². The number of guanidine groups is 1. The molecule has 18 heteroatoms. The van der Waals surface area contributed by atoms with Crippen molar-refractivity contribution in [1.29, 1.82) is 0 Å². The number of nitrogens with zero attached hydrogens (tertiary/aromatic N) is 2. The van der Waals surface area contributed by atoms with Crippen LogP contribution in [0.5, 0.6) is 5.75 Å². The number of rotatable bonds is 21. The van der Waals surface area contributed by atoms with Gasteiger partial charge in [0.2, 0.25) is 33.6 Å². The van der Waals surface area contributed by atoms with Crippen LogP contribution in [0.4, 0.5) is 0 Å². The third-order valence-corrected chi connectivity index (χ3v) is 14.8. The number of nitrogens with two attached hydrogens (primary N) is 1. The van der Waals surface area contributed by atoms with Crippen LogP contribution in [-0.2, 0) is 48.2 Å². The third kappa shape index (κ3) is 12.9. The molecule has 346 valence electrons. The number of carbonyl (C=O) groups excluding carboxylic acids is 3. The minimum atomic E-state index is -4.14. The molecule has 1 heterocycles. The summed E-state index contributed by atoms with van der Waals surface area (Å²) >= 11 is 1.09. The number of sulfonamides is 2. The summed E-state index contributed by atoms with van der Waals surface area (Å²) in [5, 5.41) is 9.20. The number of aliphatic imine (C=N–C) groups is 1. The maximum absolute atomic E-state index is 14.6. The second kappa shape index (κ2) is 22.1. The van der Waals surface area contributed by atoms with Crippen molar-refractivity contribution >= 4 is 65.7 Å². The summed E-state index contributed by atoms with van der Waals surface area (Å²) in [6, 6.07) is 28.5. The molecule has 0 fully saturated rings. The van der Waals surface area contributed by atoms with Gasteiger partial charge in [-0.3, -0.25) is 19.4 Å². The lowest BCUT2D eigenvalue weighted by atomic mass is 9.97. The summed E-state index contributed by atoms with van der Waals surface area (Å²) in [5.74, 6) is -2.12. The maximum atomic E-state index is 14.6. The Morgan fingerprint density at radius 3 is 2.09 bits per heavy atom. The first-order chi connectivity index (χ1) is 31.5. The zero-order valence-corrected chi connectivity index (χ0v) is 39.4. The number of benzene rings is 5. The molecule has 5 aromatic carbocycles. The number of hydrogen-bond acceptors (Lipinski definition) is 11. The van der Waals surface area contributed by atoms with Crippen LogP contribution in [0.15, 0.2) is 131 Å². The Morgan fingerprint density at radius 2 is 1.41 bits per heavy atom. The molecule has 6 rings (SSSR count). The number of methoxy groups -OCH3 is 1. The molecule has 1 aromatic heterocycles. The Kier molecular flexibility index (Phi) is 16.4. The predicted octanol–water partition coefficient (Wildman–Crippen LogP) is 5.43. The van der Waals surface area contributed by atoms with E-state index in [2.05, 4.69) is 30.1 Å². The zero-order chi connectivity index (χ0) is 47.4. The topological polar surface area (TPSA) is 228 Å². The average molecular weight is 952 g/mol. The van der Waals surface area contributed by atoms with Gasteiger partial charge in [-0.25, -0.2) is 31.3 Å². The number of fused-ring (bicyclic) bond motifs is 1. The van der Waals surface area contributed by atoms with Gasteiger partial charge in [0.25, 0.3) is 10.0 Å². The lowest BCUT2D eigenvalue weighted by Gasteiger charge is -2.25. The molecule has 0 unspecified atom stereocenters. The van der Waals surface area contributed by atoms with Crippen LogP contribution in [0.2, 0.25) is 0 Å². The predicted molar refractivity (Wildman–Crippen MR) is 257 cm³/mol. The van der Waals surface area contributed by atoms with E-state index in [-0.39, 0.29) is 53.8 Å². The summed E-state index contributed by atoms with van der Waals surface area (Å²) in [6.07, 6.45) is 1.64. The Bertz CT molecular complexity index is 2910. The van der Waals surface area contributed by atoms with E-state index in [1.807, 2.05) is 42.5 Å². The Morgan fingerprint density at radius 1 is 0.773 bits per heavy atom. The van der Waals surface area contributed by atoms with Crippen LogP contribution < -0.4 is 30.5 Å². The van der Waals surface area contributed by atoms with Gasteiger partial charge in [-0.2, -0.15) is 0 Å². The largest absolute Gasteiger partial charge is 0.496 e. The van der Waals surface area contributed by atoms with Gasteiger partial charge in [0.15, 0.2) is 5.01 Å². The fraction of sp³-hybridized carbons (Fsp3) is 0.271. The highest BCUT2D eigenvalue weighted by Gasteiger charge is 2.32. The summed E-state index contributed by atoms with van der Waals surface area (Å²) < 4.78 is 64.4.